The zero-order chi connectivity index (χ0) is 22.2. The average molecular weight is 460 g/mol. The fraction of sp³-hybridized carbons (Fsp3) is 0.0500. The second kappa shape index (κ2) is 7.97. The molecule has 2 heterocycles. The van der Waals surface area contributed by atoms with Crippen LogP contribution in [0.5, 0.6) is 5.88 Å². The third-order valence-electron chi connectivity index (χ3n) is 4.40. The summed E-state index contributed by atoms with van der Waals surface area (Å²) in [5, 5.41) is 0.784. The number of anilines is 2. The lowest BCUT2D eigenvalue weighted by Crippen LogP contribution is -2.15. The molecule has 0 bridgehead atoms. The van der Waals surface area contributed by atoms with Gasteiger partial charge in [-0.3, -0.25) is 4.72 Å². The molecule has 158 valence electrons. The molecule has 0 saturated carbocycles. The smallest absolute Gasteiger partial charge is 0.267 e. The van der Waals surface area contributed by atoms with Crippen LogP contribution in [0.3, 0.4) is 0 Å². The van der Waals surface area contributed by atoms with E-state index in [1.807, 2.05) is 0 Å². The molecule has 4 rings (SSSR count). The van der Waals surface area contributed by atoms with Crippen molar-refractivity contribution < 1.29 is 17.5 Å². The Morgan fingerprint density at radius 3 is 2.68 bits per heavy atom. The summed E-state index contributed by atoms with van der Waals surface area (Å²) in [5.41, 5.74) is 7.04. The fourth-order valence-corrected chi connectivity index (χ4v) is 4.41. The molecule has 4 aromatic rings. The van der Waals surface area contributed by atoms with E-state index in [1.54, 1.807) is 18.2 Å². The number of fused-ring (bicyclic) bond motifs is 1. The normalized spacial score (nSPS) is 11.5. The van der Waals surface area contributed by atoms with Gasteiger partial charge in [0.2, 0.25) is 11.8 Å². The van der Waals surface area contributed by atoms with Crippen LogP contribution in [-0.4, -0.2) is 30.5 Å². The van der Waals surface area contributed by atoms with Crippen molar-refractivity contribution >= 4 is 44.2 Å². The van der Waals surface area contributed by atoms with E-state index in [1.165, 1.54) is 43.8 Å². The molecule has 0 amide bonds. The van der Waals surface area contributed by atoms with Crippen molar-refractivity contribution in [1.29, 1.82) is 0 Å². The second-order valence-electron chi connectivity index (χ2n) is 6.46. The number of pyridine rings is 1. The van der Waals surface area contributed by atoms with Crippen LogP contribution in [0.15, 0.2) is 59.8 Å². The number of methoxy groups -OCH3 is 1. The minimum Gasteiger partial charge on any atom is -0.480 e. The minimum absolute atomic E-state index is 0.118. The molecule has 2 aromatic carbocycles. The standard InChI is InChI=1S/C20H15ClFN5O3S/c1-30-19-18(7-13(21)10-24-19)31(28,29)27-14-3-4-16(22)15(8-14)11-2-5-17-12(6-11)9-25-20(23)26-17/h2-10,27H,1H3,(H2,23,25,26). The maximum atomic E-state index is 14.6. The van der Waals surface area contributed by atoms with Crippen LogP contribution in [-0.2, 0) is 10.0 Å². The average Bonchev–Trinajstić information content (AvgIpc) is 2.74. The minimum atomic E-state index is -4.11. The molecule has 11 heteroatoms. The van der Waals surface area contributed by atoms with E-state index in [0.29, 0.717) is 16.5 Å². The highest BCUT2D eigenvalue weighted by atomic mass is 35.5. The van der Waals surface area contributed by atoms with Crippen LogP contribution in [0.4, 0.5) is 16.0 Å². The van der Waals surface area contributed by atoms with Crippen molar-refractivity contribution in [2.24, 2.45) is 0 Å². The number of aromatic nitrogens is 3. The molecule has 0 fully saturated rings. The largest absolute Gasteiger partial charge is 0.480 e. The number of halogens is 2. The molecule has 8 nitrogen and oxygen atoms in total. The third kappa shape index (κ3) is 4.21. The van der Waals surface area contributed by atoms with Crippen molar-refractivity contribution in [3.05, 3.63) is 65.7 Å². The van der Waals surface area contributed by atoms with Gasteiger partial charge in [0.25, 0.3) is 10.0 Å². The lowest BCUT2D eigenvalue weighted by atomic mass is 10.0. The van der Waals surface area contributed by atoms with E-state index in [-0.39, 0.29) is 33.0 Å². The summed E-state index contributed by atoms with van der Waals surface area (Å²) in [6, 6.07) is 10.1. The Kier molecular flexibility index (Phi) is 5.34. The van der Waals surface area contributed by atoms with Crippen LogP contribution < -0.4 is 15.2 Å². The first kappa shape index (κ1) is 20.8. The molecule has 0 aliphatic carbocycles. The summed E-state index contributed by atoms with van der Waals surface area (Å²) < 4.78 is 47.7. The highest BCUT2D eigenvalue weighted by molar-refractivity contribution is 7.92. The Hall–Kier alpha value is -3.50. The predicted octanol–water partition coefficient (Wildman–Crippen LogP) is 3.88. The molecule has 0 spiro atoms. The molecule has 0 radical (unpaired) electrons. The number of nitrogens with one attached hydrogen (secondary N) is 1. The first-order valence-electron chi connectivity index (χ1n) is 8.81. The van der Waals surface area contributed by atoms with Crippen LogP contribution in [0.2, 0.25) is 5.02 Å². The van der Waals surface area contributed by atoms with Gasteiger partial charge in [-0.25, -0.2) is 27.8 Å². The van der Waals surface area contributed by atoms with Gasteiger partial charge >= 0.3 is 0 Å². The summed E-state index contributed by atoms with van der Waals surface area (Å²) in [4.78, 5) is 11.7. The Morgan fingerprint density at radius 1 is 1.10 bits per heavy atom. The van der Waals surface area contributed by atoms with Gasteiger partial charge in [0.15, 0.2) is 4.90 Å². The summed E-state index contributed by atoms with van der Waals surface area (Å²) in [5.74, 6) is -0.512. The number of nitrogens with zero attached hydrogens (tertiary/aromatic N) is 3. The zero-order valence-corrected chi connectivity index (χ0v) is 17.6. The fourth-order valence-electron chi connectivity index (χ4n) is 2.99. The molecule has 0 saturated heterocycles. The van der Waals surface area contributed by atoms with Gasteiger partial charge in [-0.05, 0) is 42.0 Å². The number of benzene rings is 2. The van der Waals surface area contributed by atoms with Crippen molar-refractivity contribution in [3.8, 4) is 17.0 Å². The van der Waals surface area contributed by atoms with E-state index >= 15 is 0 Å². The molecule has 31 heavy (non-hydrogen) atoms. The summed E-state index contributed by atoms with van der Waals surface area (Å²) in [7, 11) is -2.81. The Bertz CT molecular complexity index is 1420. The number of hydrogen-bond donors (Lipinski definition) is 2. The molecule has 2 aromatic heterocycles. The lowest BCUT2D eigenvalue weighted by Gasteiger charge is -2.13. The molecule has 0 atom stereocenters. The summed E-state index contributed by atoms with van der Waals surface area (Å²) in [6.07, 6.45) is 2.80. The van der Waals surface area contributed by atoms with Crippen LogP contribution in [0.25, 0.3) is 22.0 Å². The van der Waals surface area contributed by atoms with Crippen molar-refractivity contribution in [1.82, 2.24) is 15.0 Å². The second-order valence-corrected chi connectivity index (χ2v) is 8.55. The highest BCUT2D eigenvalue weighted by Gasteiger charge is 2.22. The number of rotatable bonds is 5. The SMILES string of the molecule is COc1ncc(Cl)cc1S(=O)(=O)Nc1ccc(F)c(-c2ccc3nc(N)ncc3c2)c1. The Labute approximate surface area is 181 Å². The number of nitrogen functional groups attached to an aromatic ring is 1. The van der Waals surface area contributed by atoms with E-state index in [9.17, 15) is 12.8 Å². The van der Waals surface area contributed by atoms with Gasteiger partial charge in [0, 0.05) is 29.0 Å². The van der Waals surface area contributed by atoms with Gasteiger partial charge in [0.1, 0.15) is 5.82 Å². The number of hydrogen-bond acceptors (Lipinski definition) is 7. The molecule has 3 N–H and O–H groups in total. The highest BCUT2D eigenvalue weighted by Crippen LogP contribution is 2.31. The van der Waals surface area contributed by atoms with Gasteiger partial charge in [-0.15, -0.1) is 0 Å². The first-order chi connectivity index (χ1) is 14.8. The van der Waals surface area contributed by atoms with Crippen LogP contribution >= 0.6 is 11.6 Å². The number of ether oxygens (including phenoxy) is 1. The topological polar surface area (TPSA) is 120 Å². The van der Waals surface area contributed by atoms with Gasteiger partial charge in [-0.1, -0.05) is 17.7 Å². The third-order valence-corrected chi connectivity index (χ3v) is 5.98. The molecular weight excluding hydrogens is 445 g/mol. The van der Waals surface area contributed by atoms with Crippen molar-refractivity contribution in [3.63, 3.8) is 0 Å². The monoisotopic (exact) mass is 459 g/mol. The van der Waals surface area contributed by atoms with Crippen LogP contribution in [0, 0.1) is 5.82 Å². The maximum absolute atomic E-state index is 14.6. The molecule has 0 aliphatic rings. The summed E-state index contributed by atoms with van der Waals surface area (Å²) >= 11 is 5.89. The van der Waals surface area contributed by atoms with Crippen molar-refractivity contribution in [2.75, 3.05) is 17.6 Å². The quantitative estimate of drug-likeness (QED) is 0.464. The number of sulfonamides is 1. The number of nitrogens with two attached hydrogens (primary N) is 1. The molecule has 0 unspecified atom stereocenters. The van der Waals surface area contributed by atoms with Gasteiger partial charge < -0.3 is 10.5 Å². The lowest BCUT2D eigenvalue weighted by molar-refractivity contribution is 0.385. The van der Waals surface area contributed by atoms with Gasteiger partial charge in [-0.2, -0.15) is 0 Å². The van der Waals surface area contributed by atoms with E-state index in [4.69, 9.17) is 22.1 Å². The predicted molar refractivity (Wildman–Crippen MR) is 116 cm³/mol. The molecular formula is C20H15ClFN5O3S. The first-order valence-corrected chi connectivity index (χ1v) is 10.7. The van der Waals surface area contributed by atoms with Crippen LogP contribution in [0.1, 0.15) is 0 Å². The zero-order valence-electron chi connectivity index (χ0n) is 16.0. The molecule has 0 aliphatic heterocycles. The van der Waals surface area contributed by atoms with E-state index in [2.05, 4.69) is 19.7 Å². The maximum Gasteiger partial charge on any atom is 0.267 e. The van der Waals surface area contributed by atoms with E-state index < -0.39 is 15.8 Å². The Morgan fingerprint density at radius 2 is 1.90 bits per heavy atom. The Balaban J connectivity index is 1.73. The van der Waals surface area contributed by atoms with Gasteiger partial charge in [0.05, 0.1) is 17.6 Å². The van der Waals surface area contributed by atoms with Crippen molar-refractivity contribution in [2.45, 2.75) is 4.90 Å². The summed E-state index contributed by atoms with van der Waals surface area (Å²) in [6.45, 7) is 0. The van der Waals surface area contributed by atoms with E-state index in [0.717, 1.165) is 0 Å².